The van der Waals surface area contributed by atoms with E-state index in [9.17, 15) is 4.79 Å². The van der Waals surface area contributed by atoms with E-state index in [2.05, 4.69) is 6.08 Å². The summed E-state index contributed by atoms with van der Waals surface area (Å²) in [6.45, 7) is 4.05. The number of rotatable bonds is 5. The van der Waals surface area contributed by atoms with Crippen molar-refractivity contribution in [3.8, 4) is 0 Å². The summed E-state index contributed by atoms with van der Waals surface area (Å²) in [6, 6.07) is 0. The van der Waals surface area contributed by atoms with Crippen LogP contribution in [0.15, 0.2) is 11.6 Å². The van der Waals surface area contributed by atoms with Crippen molar-refractivity contribution in [1.82, 2.24) is 0 Å². The summed E-state index contributed by atoms with van der Waals surface area (Å²) < 4.78 is 5.30. The molecule has 0 fully saturated rings. The molecule has 0 aromatic rings. The molecule has 0 unspecified atom stereocenters. The summed E-state index contributed by atoms with van der Waals surface area (Å²) in [5.74, 6) is 0.319. The largest absolute Gasteiger partial charge is 0.379 e. The van der Waals surface area contributed by atoms with Gasteiger partial charge in [0.2, 0.25) is 0 Å². The van der Waals surface area contributed by atoms with E-state index in [-0.39, 0.29) is 5.60 Å². The number of carbonyl (C=O) groups is 1. The molecule has 1 aliphatic rings. The highest BCUT2D eigenvalue weighted by molar-refractivity contribution is 5.95. The first kappa shape index (κ1) is 12.4. The molecule has 0 radical (unpaired) electrons. The number of hydrogen-bond donors (Lipinski definition) is 0. The number of carbonyl (C=O) groups excluding carboxylic acids is 1. The maximum absolute atomic E-state index is 11.8. The average Bonchev–Trinajstić information content (AvgIpc) is 2.27. The van der Waals surface area contributed by atoms with E-state index in [1.165, 1.54) is 12.8 Å². The summed E-state index contributed by atoms with van der Waals surface area (Å²) in [4.78, 5) is 11.8. The zero-order valence-electron chi connectivity index (χ0n) is 10.1. The third-order valence-corrected chi connectivity index (χ3v) is 3.16. The lowest BCUT2D eigenvalue weighted by molar-refractivity contribution is -0.117. The topological polar surface area (TPSA) is 26.3 Å². The fraction of sp³-hybridized carbons (Fsp3) is 0.769. The van der Waals surface area contributed by atoms with Crippen molar-refractivity contribution < 1.29 is 9.53 Å². The van der Waals surface area contributed by atoms with Crippen LogP contribution in [0, 0.1) is 0 Å². The third-order valence-electron chi connectivity index (χ3n) is 3.16. The molecule has 86 valence electrons. The van der Waals surface area contributed by atoms with E-state index in [1.54, 1.807) is 7.11 Å². The van der Waals surface area contributed by atoms with Crippen molar-refractivity contribution in [3.05, 3.63) is 11.6 Å². The van der Waals surface area contributed by atoms with Crippen molar-refractivity contribution >= 4 is 5.78 Å². The molecule has 0 saturated heterocycles. The van der Waals surface area contributed by atoms with Gasteiger partial charge >= 0.3 is 0 Å². The Morgan fingerprint density at radius 1 is 1.47 bits per heavy atom. The van der Waals surface area contributed by atoms with Crippen LogP contribution in [0.3, 0.4) is 0 Å². The van der Waals surface area contributed by atoms with Gasteiger partial charge in [0, 0.05) is 13.5 Å². The zero-order valence-corrected chi connectivity index (χ0v) is 10.1. The molecule has 0 N–H and O–H groups in total. The Balaban J connectivity index is 2.39. The fourth-order valence-electron chi connectivity index (χ4n) is 1.77. The molecule has 0 heterocycles. The molecule has 0 aromatic carbocycles. The predicted molar refractivity (Wildman–Crippen MR) is 61.9 cm³/mol. The standard InChI is InChI=1S/C13H22O2/c1-13(2,15-3)10-9-12(14)11-7-5-4-6-8-11/h7H,4-6,8-10H2,1-3H3. The van der Waals surface area contributed by atoms with E-state index < -0.39 is 0 Å². The maximum Gasteiger partial charge on any atom is 0.158 e. The maximum atomic E-state index is 11.8. The minimum Gasteiger partial charge on any atom is -0.379 e. The quantitative estimate of drug-likeness (QED) is 0.696. The molecular formula is C13H22O2. The van der Waals surface area contributed by atoms with Gasteiger partial charge in [0.15, 0.2) is 5.78 Å². The minimum absolute atomic E-state index is 0.176. The van der Waals surface area contributed by atoms with Gasteiger partial charge in [-0.3, -0.25) is 4.79 Å². The van der Waals surface area contributed by atoms with Crippen LogP contribution in [-0.2, 0) is 9.53 Å². The second kappa shape index (κ2) is 5.45. The van der Waals surface area contributed by atoms with Crippen molar-refractivity contribution in [2.45, 2.75) is 58.0 Å². The molecule has 1 rings (SSSR count). The summed E-state index contributed by atoms with van der Waals surface area (Å²) in [5.41, 5.74) is 0.874. The summed E-state index contributed by atoms with van der Waals surface area (Å²) in [6.07, 6.45) is 8.00. The highest BCUT2D eigenvalue weighted by Crippen LogP contribution is 2.22. The molecule has 15 heavy (non-hydrogen) atoms. The minimum atomic E-state index is -0.176. The van der Waals surface area contributed by atoms with Gasteiger partial charge in [-0.15, -0.1) is 0 Å². The fourth-order valence-corrected chi connectivity index (χ4v) is 1.77. The Labute approximate surface area is 92.7 Å². The highest BCUT2D eigenvalue weighted by Gasteiger charge is 2.19. The second-order valence-corrected chi connectivity index (χ2v) is 4.86. The smallest absolute Gasteiger partial charge is 0.158 e. The molecule has 0 aromatic heterocycles. The van der Waals surface area contributed by atoms with E-state index in [0.29, 0.717) is 12.2 Å². The number of methoxy groups -OCH3 is 1. The van der Waals surface area contributed by atoms with Crippen LogP contribution in [-0.4, -0.2) is 18.5 Å². The first-order chi connectivity index (χ1) is 7.05. The number of hydrogen-bond acceptors (Lipinski definition) is 2. The van der Waals surface area contributed by atoms with Gasteiger partial charge in [0.25, 0.3) is 0 Å². The van der Waals surface area contributed by atoms with Crippen molar-refractivity contribution in [2.75, 3.05) is 7.11 Å². The summed E-state index contributed by atoms with van der Waals surface area (Å²) in [5, 5.41) is 0. The molecule has 0 atom stereocenters. The molecule has 0 spiro atoms. The molecule has 1 aliphatic carbocycles. The highest BCUT2D eigenvalue weighted by atomic mass is 16.5. The first-order valence-electron chi connectivity index (χ1n) is 5.82. The molecule has 2 nitrogen and oxygen atoms in total. The monoisotopic (exact) mass is 210 g/mol. The normalized spacial score (nSPS) is 17.4. The number of ketones is 1. The van der Waals surface area contributed by atoms with Gasteiger partial charge in [0.05, 0.1) is 5.60 Å². The molecule has 0 bridgehead atoms. The number of Topliss-reactive ketones (excluding diaryl/α,β-unsaturated/α-hetero) is 1. The third kappa shape index (κ3) is 4.17. The van der Waals surface area contributed by atoms with Crippen LogP contribution in [0.1, 0.15) is 52.4 Å². The lowest BCUT2D eigenvalue weighted by atomic mass is 9.92. The van der Waals surface area contributed by atoms with E-state index in [1.807, 2.05) is 13.8 Å². The van der Waals surface area contributed by atoms with Gasteiger partial charge < -0.3 is 4.74 Å². The number of allylic oxidation sites excluding steroid dienone is 2. The lowest BCUT2D eigenvalue weighted by Crippen LogP contribution is -2.23. The molecule has 0 saturated carbocycles. The van der Waals surface area contributed by atoms with Crippen LogP contribution >= 0.6 is 0 Å². The van der Waals surface area contributed by atoms with Crippen LogP contribution < -0.4 is 0 Å². The second-order valence-electron chi connectivity index (χ2n) is 4.86. The average molecular weight is 210 g/mol. The Morgan fingerprint density at radius 2 is 2.20 bits per heavy atom. The van der Waals surface area contributed by atoms with Gasteiger partial charge in [0.1, 0.15) is 0 Å². The lowest BCUT2D eigenvalue weighted by Gasteiger charge is -2.22. The van der Waals surface area contributed by atoms with Gasteiger partial charge in [-0.2, -0.15) is 0 Å². The molecule has 0 amide bonds. The Hall–Kier alpha value is -0.630. The Kier molecular flexibility index (Phi) is 4.52. The van der Waals surface area contributed by atoms with Gasteiger partial charge in [-0.1, -0.05) is 6.08 Å². The van der Waals surface area contributed by atoms with Crippen LogP contribution in [0.2, 0.25) is 0 Å². The van der Waals surface area contributed by atoms with E-state index >= 15 is 0 Å². The predicted octanol–water partition coefficient (Wildman–Crippen LogP) is 3.26. The van der Waals surface area contributed by atoms with Gasteiger partial charge in [-0.05, 0) is 51.5 Å². The van der Waals surface area contributed by atoms with Gasteiger partial charge in [-0.25, -0.2) is 0 Å². The van der Waals surface area contributed by atoms with Crippen LogP contribution in [0.25, 0.3) is 0 Å². The van der Waals surface area contributed by atoms with E-state index in [0.717, 1.165) is 24.8 Å². The summed E-state index contributed by atoms with van der Waals surface area (Å²) in [7, 11) is 1.70. The van der Waals surface area contributed by atoms with E-state index in [4.69, 9.17) is 4.74 Å². The summed E-state index contributed by atoms with van der Waals surface area (Å²) >= 11 is 0. The molecule has 0 aliphatic heterocycles. The SMILES string of the molecule is COC(C)(C)CCC(=O)C1=CCCCC1. The Bertz CT molecular complexity index is 251. The van der Waals surface area contributed by atoms with Crippen molar-refractivity contribution in [2.24, 2.45) is 0 Å². The first-order valence-corrected chi connectivity index (χ1v) is 5.82. The number of ether oxygens (including phenoxy) is 1. The van der Waals surface area contributed by atoms with Crippen LogP contribution in [0.5, 0.6) is 0 Å². The zero-order chi connectivity index (χ0) is 11.3. The molecular weight excluding hydrogens is 188 g/mol. The molecule has 2 heteroatoms. The van der Waals surface area contributed by atoms with Crippen molar-refractivity contribution in [1.29, 1.82) is 0 Å². The Morgan fingerprint density at radius 3 is 2.73 bits per heavy atom. The van der Waals surface area contributed by atoms with Crippen LogP contribution in [0.4, 0.5) is 0 Å². The van der Waals surface area contributed by atoms with Crippen molar-refractivity contribution in [3.63, 3.8) is 0 Å².